The largest absolute Gasteiger partial charge is 0.494 e. The number of nitrogens with zero attached hydrogens (tertiary/aromatic N) is 2. The molecule has 28 heavy (non-hydrogen) atoms. The number of hydrogen-bond donors (Lipinski definition) is 2. The number of amides is 1. The van der Waals surface area contributed by atoms with E-state index < -0.39 is 0 Å². The van der Waals surface area contributed by atoms with E-state index in [1.165, 1.54) is 6.20 Å². The number of aromatic nitrogens is 2. The van der Waals surface area contributed by atoms with Gasteiger partial charge in [0.1, 0.15) is 11.4 Å². The van der Waals surface area contributed by atoms with Gasteiger partial charge in [-0.05, 0) is 49.4 Å². The van der Waals surface area contributed by atoms with Crippen LogP contribution >= 0.6 is 0 Å². The maximum absolute atomic E-state index is 12.5. The van der Waals surface area contributed by atoms with Crippen LogP contribution in [0.3, 0.4) is 0 Å². The predicted octanol–water partition coefficient (Wildman–Crippen LogP) is 3.60. The molecular formula is C20H18N4O4. The van der Waals surface area contributed by atoms with Crippen molar-refractivity contribution in [2.75, 3.05) is 24.0 Å². The Morgan fingerprint density at radius 1 is 1.07 bits per heavy atom. The molecule has 0 spiro atoms. The highest BCUT2D eigenvalue weighted by Crippen LogP contribution is 2.34. The Kier molecular flexibility index (Phi) is 4.92. The maximum atomic E-state index is 12.5. The highest BCUT2D eigenvalue weighted by molar-refractivity contribution is 6.03. The molecule has 0 fully saturated rings. The van der Waals surface area contributed by atoms with Gasteiger partial charge in [0.05, 0.1) is 6.61 Å². The molecule has 0 saturated heterocycles. The molecule has 0 aliphatic carbocycles. The first-order valence-corrected chi connectivity index (χ1v) is 8.75. The molecule has 1 aliphatic rings. The van der Waals surface area contributed by atoms with E-state index in [0.29, 0.717) is 29.7 Å². The topological polar surface area (TPSA) is 94.6 Å². The van der Waals surface area contributed by atoms with Crippen LogP contribution in [0.15, 0.2) is 54.7 Å². The smallest absolute Gasteiger partial charge is 0.274 e. The number of hydrogen-bond acceptors (Lipinski definition) is 7. The molecule has 1 aromatic heterocycles. The molecule has 2 heterocycles. The fourth-order valence-corrected chi connectivity index (χ4v) is 2.65. The lowest BCUT2D eigenvalue weighted by molar-refractivity contribution is 0.102. The van der Waals surface area contributed by atoms with Crippen LogP contribution in [0, 0.1) is 0 Å². The van der Waals surface area contributed by atoms with Gasteiger partial charge in [0, 0.05) is 23.6 Å². The number of fused-ring (bicyclic) bond motifs is 1. The van der Waals surface area contributed by atoms with E-state index in [2.05, 4.69) is 20.6 Å². The number of ether oxygens (including phenoxy) is 3. The van der Waals surface area contributed by atoms with Gasteiger partial charge in [0.25, 0.3) is 5.91 Å². The molecule has 4 rings (SSSR count). The average molecular weight is 378 g/mol. The SMILES string of the molecule is CCOc1ccc(Nc2nccc(C(=O)Nc3ccc4c(c3)OCO4)n2)cc1. The second-order valence-corrected chi connectivity index (χ2v) is 5.87. The Bertz CT molecular complexity index is 992. The molecule has 0 radical (unpaired) electrons. The van der Waals surface area contributed by atoms with E-state index in [1.807, 2.05) is 31.2 Å². The van der Waals surface area contributed by atoms with Gasteiger partial charge in [-0.2, -0.15) is 0 Å². The quantitative estimate of drug-likeness (QED) is 0.677. The van der Waals surface area contributed by atoms with Crippen LogP contribution in [0.25, 0.3) is 0 Å². The molecule has 0 atom stereocenters. The second kappa shape index (κ2) is 7.83. The fraction of sp³-hybridized carbons (Fsp3) is 0.150. The maximum Gasteiger partial charge on any atom is 0.274 e. The zero-order valence-electron chi connectivity index (χ0n) is 15.1. The minimum absolute atomic E-state index is 0.180. The fourth-order valence-electron chi connectivity index (χ4n) is 2.65. The highest BCUT2D eigenvalue weighted by Gasteiger charge is 2.15. The molecule has 0 bridgehead atoms. The second-order valence-electron chi connectivity index (χ2n) is 5.87. The Balaban J connectivity index is 1.44. The van der Waals surface area contributed by atoms with Gasteiger partial charge in [0.2, 0.25) is 12.7 Å². The molecule has 8 nitrogen and oxygen atoms in total. The zero-order valence-corrected chi connectivity index (χ0v) is 15.1. The lowest BCUT2D eigenvalue weighted by Gasteiger charge is -2.09. The Morgan fingerprint density at radius 3 is 2.68 bits per heavy atom. The zero-order chi connectivity index (χ0) is 19.3. The van der Waals surface area contributed by atoms with E-state index in [-0.39, 0.29) is 18.4 Å². The van der Waals surface area contributed by atoms with Crippen molar-refractivity contribution < 1.29 is 19.0 Å². The van der Waals surface area contributed by atoms with Crippen molar-refractivity contribution in [3.63, 3.8) is 0 Å². The van der Waals surface area contributed by atoms with E-state index in [9.17, 15) is 4.79 Å². The van der Waals surface area contributed by atoms with Gasteiger partial charge in [-0.1, -0.05) is 0 Å². The van der Waals surface area contributed by atoms with Crippen molar-refractivity contribution >= 4 is 23.2 Å². The van der Waals surface area contributed by atoms with Gasteiger partial charge in [0.15, 0.2) is 11.5 Å². The minimum Gasteiger partial charge on any atom is -0.494 e. The summed E-state index contributed by atoms with van der Waals surface area (Å²) < 4.78 is 16.0. The van der Waals surface area contributed by atoms with E-state index in [1.54, 1.807) is 24.3 Å². The monoisotopic (exact) mass is 378 g/mol. The molecule has 0 saturated carbocycles. The predicted molar refractivity (Wildman–Crippen MR) is 103 cm³/mol. The van der Waals surface area contributed by atoms with Crippen LogP contribution in [-0.2, 0) is 0 Å². The molecule has 3 aromatic rings. The minimum atomic E-state index is -0.351. The average Bonchev–Trinajstić information content (AvgIpc) is 3.18. The van der Waals surface area contributed by atoms with Crippen LogP contribution in [0.4, 0.5) is 17.3 Å². The third kappa shape index (κ3) is 3.96. The summed E-state index contributed by atoms with van der Waals surface area (Å²) in [4.78, 5) is 21.0. The van der Waals surface area contributed by atoms with Crippen molar-refractivity contribution in [1.82, 2.24) is 9.97 Å². The standard InChI is InChI=1S/C20H18N4O4/c1-2-26-15-6-3-13(4-7-15)23-20-21-10-9-16(24-20)19(25)22-14-5-8-17-18(11-14)28-12-27-17/h3-11H,2,12H2,1H3,(H,22,25)(H,21,23,24). The number of carbonyl (C=O) groups is 1. The van der Waals surface area contributed by atoms with Crippen LogP contribution in [-0.4, -0.2) is 29.3 Å². The van der Waals surface area contributed by atoms with Gasteiger partial charge in [-0.15, -0.1) is 0 Å². The summed E-state index contributed by atoms with van der Waals surface area (Å²) in [7, 11) is 0. The van der Waals surface area contributed by atoms with Crippen molar-refractivity contribution in [2.24, 2.45) is 0 Å². The third-order valence-corrected chi connectivity index (χ3v) is 3.94. The Labute approximate surface area is 161 Å². The van der Waals surface area contributed by atoms with Crippen molar-refractivity contribution in [3.05, 3.63) is 60.4 Å². The summed E-state index contributed by atoms with van der Waals surface area (Å²) in [6, 6.07) is 14.2. The molecule has 2 N–H and O–H groups in total. The van der Waals surface area contributed by atoms with Crippen molar-refractivity contribution in [3.8, 4) is 17.2 Å². The number of rotatable bonds is 6. The summed E-state index contributed by atoms with van der Waals surface area (Å²) in [6.45, 7) is 2.72. The lowest BCUT2D eigenvalue weighted by Crippen LogP contribution is -2.14. The number of benzene rings is 2. The Morgan fingerprint density at radius 2 is 1.86 bits per heavy atom. The first-order chi connectivity index (χ1) is 13.7. The van der Waals surface area contributed by atoms with Crippen molar-refractivity contribution in [2.45, 2.75) is 6.92 Å². The molecular weight excluding hydrogens is 360 g/mol. The van der Waals surface area contributed by atoms with E-state index in [0.717, 1.165) is 11.4 Å². The highest BCUT2D eigenvalue weighted by atomic mass is 16.7. The van der Waals surface area contributed by atoms with Crippen molar-refractivity contribution in [1.29, 1.82) is 0 Å². The van der Waals surface area contributed by atoms with Crippen LogP contribution < -0.4 is 24.8 Å². The molecule has 1 amide bonds. The van der Waals surface area contributed by atoms with Crippen LogP contribution in [0.2, 0.25) is 0 Å². The summed E-state index contributed by atoms with van der Waals surface area (Å²) >= 11 is 0. The first kappa shape index (κ1) is 17.6. The molecule has 0 unspecified atom stereocenters. The normalized spacial score (nSPS) is 11.8. The van der Waals surface area contributed by atoms with E-state index in [4.69, 9.17) is 14.2 Å². The summed E-state index contributed by atoms with van der Waals surface area (Å²) in [5.74, 6) is 2.00. The van der Waals surface area contributed by atoms with Gasteiger partial charge in [-0.3, -0.25) is 4.79 Å². The van der Waals surface area contributed by atoms with Crippen LogP contribution in [0.5, 0.6) is 17.2 Å². The third-order valence-electron chi connectivity index (χ3n) is 3.94. The molecule has 2 aromatic carbocycles. The molecule has 142 valence electrons. The summed E-state index contributed by atoms with van der Waals surface area (Å²) in [6.07, 6.45) is 1.53. The summed E-state index contributed by atoms with van der Waals surface area (Å²) in [5.41, 5.74) is 1.62. The van der Waals surface area contributed by atoms with Gasteiger partial charge >= 0.3 is 0 Å². The molecule has 1 aliphatic heterocycles. The van der Waals surface area contributed by atoms with Gasteiger partial charge < -0.3 is 24.8 Å². The Hall–Kier alpha value is -3.81. The molecule has 8 heteroatoms. The van der Waals surface area contributed by atoms with E-state index >= 15 is 0 Å². The first-order valence-electron chi connectivity index (χ1n) is 8.75. The number of nitrogens with one attached hydrogen (secondary N) is 2. The number of anilines is 3. The lowest BCUT2D eigenvalue weighted by atomic mass is 10.2. The summed E-state index contributed by atoms with van der Waals surface area (Å²) in [5, 5.41) is 5.86. The number of carbonyl (C=O) groups excluding carboxylic acids is 1. The van der Waals surface area contributed by atoms with Crippen LogP contribution in [0.1, 0.15) is 17.4 Å². The van der Waals surface area contributed by atoms with Gasteiger partial charge in [-0.25, -0.2) is 9.97 Å².